The molecule has 0 aromatic heterocycles. The van der Waals surface area contributed by atoms with Crippen molar-refractivity contribution >= 4 is 18.4 Å². The topological polar surface area (TPSA) is 57.5 Å². The molecule has 0 aliphatic rings. The standard InChI is InChI=1S/C10H13BO3/c1-3-9(12)8-6-4-5-7(2)10(8)11(13)14/h4-6,13-14H,3H2,1-2H3. The highest BCUT2D eigenvalue weighted by atomic mass is 16.4. The lowest BCUT2D eigenvalue weighted by atomic mass is 9.73. The van der Waals surface area contributed by atoms with Gasteiger partial charge in [0.2, 0.25) is 0 Å². The van der Waals surface area contributed by atoms with Crippen molar-refractivity contribution in [2.24, 2.45) is 0 Å². The van der Waals surface area contributed by atoms with Gasteiger partial charge in [-0.25, -0.2) is 0 Å². The third-order valence-electron chi connectivity index (χ3n) is 2.20. The molecule has 0 saturated heterocycles. The molecule has 0 aliphatic carbocycles. The Morgan fingerprint density at radius 1 is 1.43 bits per heavy atom. The molecule has 0 aliphatic heterocycles. The predicted octanol–water partition coefficient (Wildman–Crippen LogP) is 0.268. The van der Waals surface area contributed by atoms with E-state index in [2.05, 4.69) is 0 Å². The molecular formula is C10H13BO3. The van der Waals surface area contributed by atoms with E-state index in [1.165, 1.54) is 0 Å². The molecule has 0 heterocycles. The zero-order valence-corrected chi connectivity index (χ0v) is 8.32. The fourth-order valence-corrected chi connectivity index (χ4v) is 1.46. The van der Waals surface area contributed by atoms with Gasteiger partial charge in [0, 0.05) is 12.0 Å². The second-order valence-corrected chi connectivity index (χ2v) is 3.19. The van der Waals surface area contributed by atoms with Crippen molar-refractivity contribution < 1.29 is 14.8 Å². The average Bonchev–Trinajstić information content (AvgIpc) is 2.15. The molecule has 0 saturated carbocycles. The number of ketones is 1. The summed E-state index contributed by atoms with van der Waals surface area (Å²) < 4.78 is 0. The Hall–Kier alpha value is -1.13. The Morgan fingerprint density at radius 2 is 2.07 bits per heavy atom. The monoisotopic (exact) mass is 192 g/mol. The molecule has 0 unspecified atom stereocenters. The number of aryl methyl sites for hydroxylation is 1. The summed E-state index contributed by atoms with van der Waals surface area (Å²) in [5, 5.41) is 18.3. The molecule has 0 radical (unpaired) electrons. The third-order valence-corrected chi connectivity index (χ3v) is 2.20. The van der Waals surface area contributed by atoms with Gasteiger partial charge < -0.3 is 10.0 Å². The zero-order chi connectivity index (χ0) is 10.7. The summed E-state index contributed by atoms with van der Waals surface area (Å²) in [6.45, 7) is 3.50. The molecular weight excluding hydrogens is 179 g/mol. The van der Waals surface area contributed by atoms with Gasteiger partial charge in [-0.05, 0) is 12.4 Å². The first-order valence-corrected chi connectivity index (χ1v) is 4.56. The van der Waals surface area contributed by atoms with Crippen molar-refractivity contribution in [3.8, 4) is 0 Å². The minimum atomic E-state index is -1.58. The van der Waals surface area contributed by atoms with Crippen LogP contribution in [0.4, 0.5) is 0 Å². The highest BCUT2D eigenvalue weighted by Crippen LogP contribution is 2.05. The van der Waals surface area contributed by atoms with Crippen LogP contribution in [0.25, 0.3) is 0 Å². The number of Topliss-reactive ketones (excluding diaryl/α,β-unsaturated/α-hetero) is 1. The van der Waals surface area contributed by atoms with Gasteiger partial charge in [-0.2, -0.15) is 0 Å². The highest BCUT2D eigenvalue weighted by Gasteiger charge is 2.21. The first-order valence-electron chi connectivity index (χ1n) is 4.56. The Labute approximate surface area is 83.5 Å². The summed E-state index contributed by atoms with van der Waals surface area (Å²) in [6, 6.07) is 5.11. The van der Waals surface area contributed by atoms with E-state index in [1.54, 1.807) is 32.0 Å². The number of carbonyl (C=O) groups is 1. The molecule has 1 aromatic rings. The summed E-state index contributed by atoms with van der Waals surface area (Å²) in [7, 11) is -1.58. The summed E-state index contributed by atoms with van der Waals surface area (Å²) in [5.74, 6) is -0.0724. The third kappa shape index (κ3) is 2.03. The van der Waals surface area contributed by atoms with Crippen LogP contribution >= 0.6 is 0 Å². The van der Waals surface area contributed by atoms with E-state index in [4.69, 9.17) is 10.0 Å². The molecule has 3 nitrogen and oxygen atoms in total. The van der Waals surface area contributed by atoms with Gasteiger partial charge in [-0.1, -0.05) is 30.7 Å². The van der Waals surface area contributed by atoms with Gasteiger partial charge in [-0.15, -0.1) is 0 Å². The molecule has 0 fully saturated rings. The molecule has 74 valence electrons. The van der Waals surface area contributed by atoms with E-state index in [-0.39, 0.29) is 5.78 Å². The maximum Gasteiger partial charge on any atom is 0.489 e. The van der Waals surface area contributed by atoms with Crippen molar-refractivity contribution in [1.29, 1.82) is 0 Å². The average molecular weight is 192 g/mol. The lowest BCUT2D eigenvalue weighted by Crippen LogP contribution is -2.36. The number of hydrogen-bond donors (Lipinski definition) is 2. The van der Waals surface area contributed by atoms with Gasteiger partial charge in [0.25, 0.3) is 0 Å². The van der Waals surface area contributed by atoms with E-state index in [9.17, 15) is 4.79 Å². The largest absolute Gasteiger partial charge is 0.489 e. The van der Waals surface area contributed by atoms with Crippen LogP contribution in [0, 0.1) is 6.92 Å². The first-order chi connectivity index (χ1) is 6.57. The fourth-order valence-electron chi connectivity index (χ4n) is 1.46. The minimum Gasteiger partial charge on any atom is -0.423 e. The summed E-state index contributed by atoms with van der Waals surface area (Å²) in [4.78, 5) is 11.5. The van der Waals surface area contributed by atoms with Gasteiger partial charge in [0.1, 0.15) is 0 Å². The van der Waals surface area contributed by atoms with E-state index in [0.717, 1.165) is 5.56 Å². The van der Waals surface area contributed by atoms with Crippen LogP contribution in [0.3, 0.4) is 0 Å². The van der Waals surface area contributed by atoms with Gasteiger partial charge in [-0.3, -0.25) is 4.79 Å². The molecule has 0 spiro atoms. The Kier molecular flexibility index (Phi) is 3.44. The van der Waals surface area contributed by atoms with Crippen LogP contribution in [-0.4, -0.2) is 22.9 Å². The normalized spacial score (nSPS) is 10.0. The second kappa shape index (κ2) is 4.40. The van der Waals surface area contributed by atoms with E-state index >= 15 is 0 Å². The minimum absolute atomic E-state index is 0.0724. The Balaban J connectivity index is 3.28. The predicted molar refractivity (Wildman–Crippen MR) is 55.6 cm³/mol. The first kappa shape index (κ1) is 11.0. The van der Waals surface area contributed by atoms with Crippen LogP contribution in [0.1, 0.15) is 29.3 Å². The van der Waals surface area contributed by atoms with Crippen molar-refractivity contribution in [3.05, 3.63) is 29.3 Å². The number of hydrogen-bond acceptors (Lipinski definition) is 3. The molecule has 14 heavy (non-hydrogen) atoms. The molecule has 1 aromatic carbocycles. The van der Waals surface area contributed by atoms with E-state index < -0.39 is 7.12 Å². The highest BCUT2D eigenvalue weighted by molar-refractivity contribution is 6.61. The second-order valence-electron chi connectivity index (χ2n) is 3.19. The molecule has 0 atom stereocenters. The van der Waals surface area contributed by atoms with E-state index in [1.807, 2.05) is 0 Å². The van der Waals surface area contributed by atoms with Crippen LogP contribution in [0.2, 0.25) is 0 Å². The van der Waals surface area contributed by atoms with Crippen molar-refractivity contribution in [2.75, 3.05) is 0 Å². The van der Waals surface area contributed by atoms with Crippen molar-refractivity contribution in [1.82, 2.24) is 0 Å². The fraction of sp³-hybridized carbons (Fsp3) is 0.300. The van der Waals surface area contributed by atoms with Crippen LogP contribution in [0.15, 0.2) is 18.2 Å². The lowest BCUT2D eigenvalue weighted by molar-refractivity contribution is 0.0988. The van der Waals surface area contributed by atoms with E-state index in [0.29, 0.717) is 17.4 Å². The Morgan fingerprint density at radius 3 is 2.57 bits per heavy atom. The maximum absolute atomic E-state index is 11.5. The van der Waals surface area contributed by atoms with Crippen molar-refractivity contribution in [3.63, 3.8) is 0 Å². The van der Waals surface area contributed by atoms with Crippen LogP contribution < -0.4 is 5.46 Å². The Bertz CT molecular complexity index is 347. The molecule has 0 bridgehead atoms. The van der Waals surface area contributed by atoms with Gasteiger partial charge >= 0.3 is 7.12 Å². The number of carbonyl (C=O) groups excluding carboxylic acids is 1. The molecule has 1 rings (SSSR count). The number of benzene rings is 1. The molecule has 2 N–H and O–H groups in total. The van der Waals surface area contributed by atoms with Crippen LogP contribution in [0.5, 0.6) is 0 Å². The SMILES string of the molecule is CCC(=O)c1cccc(C)c1B(O)O. The molecule has 4 heteroatoms. The quantitative estimate of drug-likeness (QED) is 0.533. The molecule has 0 amide bonds. The zero-order valence-electron chi connectivity index (χ0n) is 8.32. The van der Waals surface area contributed by atoms with Crippen LogP contribution in [-0.2, 0) is 0 Å². The smallest absolute Gasteiger partial charge is 0.423 e. The van der Waals surface area contributed by atoms with Gasteiger partial charge in [0.15, 0.2) is 5.78 Å². The maximum atomic E-state index is 11.5. The lowest BCUT2D eigenvalue weighted by Gasteiger charge is -2.09. The number of rotatable bonds is 3. The van der Waals surface area contributed by atoms with Gasteiger partial charge in [0.05, 0.1) is 0 Å². The summed E-state index contributed by atoms with van der Waals surface area (Å²) >= 11 is 0. The van der Waals surface area contributed by atoms with Crippen molar-refractivity contribution in [2.45, 2.75) is 20.3 Å². The summed E-state index contributed by atoms with van der Waals surface area (Å²) in [5.41, 5.74) is 1.45. The summed E-state index contributed by atoms with van der Waals surface area (Å²) in [6.07, 6.45) is 0.364.